The number of hydrogen-bond donors (Lipinski definition) is 1. The lowest BCUT2D eigenvalue weighted by Gasteiger charge is -2.43. The second-order valence-corrected chi connectivity index (χ2v) is 7.66. The van der Waals surface area contributed by atoms with Gasteiger partial charge < -0.3 is 5.73 Å². The monoisotopic (exact) mass is 282 g/mol. The van der Waals surface area contributed by atoms with E-state index in [2.05, 4.69) is 50.9 Å². The third-order valence-electron chi connectivity index (χ3n) is 5.24. The first-order valence-electron chi connectivity index (χ1n) is 7.95. The lowest BCUT2D eigenvalue weighted by Crippen LogP contribution is -2.30. The maximum atomic E-state index is 5.86. The minimum Gasteiger partial charge on any atom is -0.384 e. The van der Waals surface area contributed by atoms with E-state index in [0.29, 0.717) is 11.7 Å². The zero-order valence-corrected chi connectivity index (χ0v) is 13.6. The third-order valence-corrected chi connectivity index (χ3v) is 5.24. The van der Waals surface area contributed by atoms with Crippen LogP contribution in [0, 0.1) is 10.8 Å². The average Bonchev–Trinajstić information content (AvgIpc) is 2.44. The predicted octanol–water partition coefficient (Wildman–Crippen LogP) is 4.85. The lowest BCUT2D eigenvalue weighted by molar-refractivity contribution is 0.391. The summed E-state index contributed by atoms with van der Waals surface area (Å²) in [5.41, 5.74) is 10.7. The molecule has 0 aliphatic heterocycles. The van der Waals surface area contributed by atoms with Gasteiger partial charge >= 0.3 is 0 Å². The highest BCUT2D eigenvalue weighted by atomic mass is 14.8. The molecule has 3 rings (SSSR count). The Morgan fingerprint density at radius 3 is 2.38 bits per heavy atom. The summed E-state index contributed by atoms with van der Waals surface area (Å²) in [5, 5.41) is 0. The standard InChI is InChI=1S/C19H26N2/c1-18(2)10-11-19(3,4)15-12-13(8-9-14(15)18)16-6-5-7-17(20)21-16/h5-7,10-11,13H,8-9,12H2,1-4H3,(H2,20,21). The zero-order valence-electron chi connectivity index (χ0n) is 13.6. The van der Waals surface area contributed by atoms with Gasteiger partial charge in [0.05, 0.1) is 0 Å². The first-order chi connectivity index (χ1) is 9.79. The van der Waals surface area contributed by atoms with Gasteiger partial charge in [-0.15, -0.1) is 0 Å². The summed E-state index contributed by atoms with van der Waals surface area (Å²) < 4.78 is 0. The van der Waals surface area contributed by atoms with E-state index in [1.807, 2.05) is 12.1 Å². The van der Waals surface area contributed by atoms with Crippen LogP contribution < -0.4 is 5.73 Å². The number of anilines is 1. The fourth-order valence-corrected chi connectivity index (χ4v) is 3.87. The molecular formula is C19H26N2. The first kappa shape index (κ1) is 14.4. The molecule has 0 fully saturated rings. The minimum atomic E-state index is 0.170. The molecule has 2 aliphatic carbocycles. The molecule has 0 saturated heterocycles. The fraction of sp³-hybridized carbons (Fsp3) is 0.526. The normalized spacial score (nSPS) is 26.6. The largest absolute Gasteiger partial charge is 0.384 e. The summed E-state index contributed by atoms with van der Waals surface area (Å²) in [7, 11) is 0. The SMILES string of the molecule is CC1(C)C=CC(C)(C)C2=C1CCC(c1cccc(N)n1)C2. The molecule has 0 saturated carbocycles. The van der Waals surface area contributed by atoms with Gasteiger partial charge in [-0.3, -0.25) is 0 Å². The van der Waals surface area contributed by atoms with Crippen LogP contribution in [-0.4, -0.2) is 4.98 Å². The number of rotatable bonds is 1. The molecule has 0 radical (unpaired) electrons. The van der Waals surface area contributed by atoms with Crippen LogP contribution in [0.5, 0.6) is 0 Å². The molecule has 2 heteroatoms. The van der Waals surface area contributed by atoms with Gasteiger partial charge in [-0.05, 0) is 31.4 Å². The molecule has 21 heavy (non-hydrogen) atoms. The molecule has 112 valence electrons. The van der Waals surface area contributed by atoms with E-state index >= 15 is 0 Å². The topological polar surface area (TPSA) is 38.9 Å². The van der Waals surface area contributed by atoms with E-state index in [1.165, 1.54) is 12.8 Å². The molecule has 1 aromatic rings. The van der Waals surface area contributed by atoms with E-state index in [0.717, 1.165) is 12.1 Å². The Bertz CT molecular complexity index is 620. The number of nitrogens with two attached hydrogens (primary N) is 1. The highest BCUT2D eigenvalue weighted by molar-refractivity contribution is 5.41. The maximum Gasteiger partial charge on any atom is 0.123 e. The van der Waals surface area contributed by atoms with Crippen LogP contribution in [0.4, 0.5) is 5.82 Å². The first-order valence-corrected chi connectivity index (χ1v) is 7.95. The predicted molar refractivity (Wildman–Crippen MR) is 89.0 cm³/mol. The molecule has 2 N–H and O–H groups in total. The molecule has 0 aromatic carbocycles. The Morgan fingerprint density at radius 2 is 1.71 bits per heavy atom. The molecule has 1 heterocycles. The minimum absolute atomic E-state index is 0.170. The number of pyridine rings is 1. The van der Waals surface area contributed by atoms with Crippen LogP contribution in [0.1, 0.15) is 58.6 Å². The zero-order chi connectivity index (χ0) is 15.3. The molecule has 0 amide bonds. The Balaban J connectivity index is 1.96. The van der Waals surface area contributed by atoms with Crippen molar-refractivity contribution in [2.75, 3.05) is 5.73 Å². The Morgan fingerprint density at radius 1 is 1.05 bits per heavy atom. The summed E-state index contributed by atoms with van der Waals surface area (Å²) in [4.78, 5) is 4.56. The van der Waals surface area contributed by atoms with Crippen molar-refractivity contribution < 1.29 is 0 Å². The summed E-state index contributed by atoms with van der Waals surface area (Å²) in [6, 6.07) is 6.02. The smallest absolute Gasteiger partial charge is 0.123 e. The van der Waals surface area contributed by atoms with Crippen LogP contribution in [0.25, 0.3) is 0 Å². The van der Waals surface area contributed by atoms with Crippen LogP contribution >= 0.6 is 0 Å². The van der Waals surface area contributed by atoms with Crippen LogP contribution in [-0.2, 0) is 0 Å². The quantitative estimate of drug-likeness (QED) is 0.748. The Labute approximate surface area is 128 Å². The summed E-state index contributed by atoms with van der Waals surface area (Å²) in [6.07, 6.45) is 8.26. The van der Waals surface area contributed by atoms with Crippen molar-refractivity contribution in [3.05, 3.63) is 47.2 Å². The van der Waals surface area contributed by atoms with Crippen molar-refractivity contribution in [1.82, 2.24) is 4.98 Å². The summed E-state index contributed by atoms with van der Waals surface area (Å²) in [5.74, 6) is 1.14. The van der Waals surface area contributed by atoms with E-state index in [1.54, 1.807) is 11.1 Å². The van der Waals surface area contributed by atoms with E-state index in [4.69, 9.17) is 5.73 Å². The van der Waals surface area contributed by atoms with E-state index < -0.39 is 0 Å². The van der Waals surface area contributed by atoms with E-state index in [9.17, 15) is 0 Å². The van der Waals surface area contributed by atoms with Crippen molar-refractivity contribution in [3.8, 4) is 0 Å². The molecule has 2 aliphatic rings. The van der Waals surface area contributed by atoms with Crippen molar-refractivity contribution in [2.24, 2.45) is 10.8 Å². The van der Waals surface area contributed by atoms with Gasteiger partial charge in [-0.25, -0.2) is 4.98 Å². The van der Waals surface area contributed by atoms with Crippen LogP contribution in [0.15, 0.2) is 41.5 Å². The van der Waals surface area contributed by atoms with Gasteiger partial charge in [-0.1, -0.05) is 57.1 Å². The number of nitrogens with zero attached hydrogens (tertiary/aromatic N) is 1. The number of aromatic nitrogens is 1. The van der Waals surface area contributed by atoms with Gasteiger partial charge in [0.15, 0.2) is 0 Å². The molecule has 0 bridgehead atoms. The third kappa shape index (κ3) is 2.52. The highest BCUT2D eigenvalue weighted by Crippen LogP contribution is 2.52. The van der Waals surface area contributed by atoms with Gasteiger partial charge in [0, 0.05) is 22.4 Å². The van der Waals surface area contributed by atoms with Crippen molar-refractivity contribution in [2.45, 2.75) is 52.9 Å². The van der Waals surface area contributed by atoms with Crippen molar-refractivity contribution in [1.29, 1.82) is 0 Å². The Kier molecular flexibility index (Phi) is 3.23. The van der Waals surface area contributed by atoms with Crippen LogP contribution in [0.2, 0.25) is 0 Å². The number of hydrogen-bond acceptors (Lipinski definition) is 2. The van der Waals surface area contributed by atoms with Gasteiger partial charge in [0.2, 0.25) is 0 Å². The summed E-state index contributed by atoms with van der Waals surface area (Å²) in [6.45, 7) is 9.35. The average molecular weight is 282 g/mol. The second-order valence-electron chi connectivity index (χ2n) is 7.66. The van der Waals surface area contributed by atoms with Crippen LogP contribution in [0.3, 0.4) is 0 Å². The molecule has 1 atom stereocenters. The molecule has 2 nitrogen and oxygen atoms in total. The fourth-order valence-electron chi connectivity index (χ4n) is 3.87. The maximum absolute atomic E-state index is 5.86. The lowest BCUT2D eigenvalue weighted by atomic mass is 9.61. The second kappa shape index (κ2) is 4.72. The number of nitrogen functional groups attached to an aromatic ring is 1. The molecular weight excluding hydrogens is 256 g/mol. The molecule has 1 unspecified atom stereocenters. The van der Waals surface area contributed by atoms with Gasteiger partial charge in [0.25, 0.3) is 0 Å². The van der Waals surface area contributed by atoms with Gasteiger partial charge in [0.1, 0.15) is 5.82 Å². The molecule has 1 aromatic heterocycles. The van der Waals surface area contributed by atoms with Gasteiger partial charge in [-0.2, -0.15) is 0 Å². The summed E-state index contributed by atoms with van der Waals surface area (Å²) >= 11 is 0. The Hall–Kier alpha value is -1.57. The van der Waals surface area contributed by atoms with Crippen molar-refractivity contribution >= 4 is 5.82 Å². The van der Waals surface area contributed by atoms with E-state index in [-0.39, 0.29) is 10.8 Å². The van der Waals surface area contributed by atoms with Crippen molar-refractivity contribution in [3.63, 3.8) is 0 Å². The highest BCUT2D eigenvalue weighted by Gasteiger charge is 2.38. The molecule has 0 spiro atoms. The number of allylic oxidation sites excluding steroid dienone is 4.